The Balaban J connectivity index is 2.05. The second-order valence-electron chi connectivity index (χ2n) is 4.07. The van der Waals surface area contributed by atoms with Crippen LogP contribution in [0.5, 0.6) is 0 Å². The number of hydrogen-bond donors (Lipinski definition) is 1. The topological polar surface area (TPSA) is 46.9 Å². The summed E-state index contributed by atoms with van der Waals surface area (Å²) in [5.74, 6) is -2.46. The third-order valence-electron chi connectivity index (χ3n) is 2.44. The highest BCUT2D eigenvalue weighted by Gasteiger charge is 2.33. The SMILES string of the molecule is O=C(Cn1ccc(C(F)(F)F)n1)Nc1cc(F)ccc1F. The predicted molar refractivity (Wildman–Crippen MR) is 62.2 cm³/mol. The summed E-state index contributed by atoms with van der Waals surface area (Å²) in [6.45, 7) is -0.563. The van der Waals surface area contributed by atoms with Gasteiger partial charge < -0.3 is 5.32 Å². The number of alkyl halides is 3. The zero-order valence-corrected chi connectivity index (χ0v) is 10.3. The summed E-state index contributed by atoms with van der Waals surface area (Å²) in [6.07, 6.45) is -3.65. The van der Waals surface area contributed by atoms with E-state index in [9.17, 15) is 26.7 Å². The summed E-state index contributed by atoms with van der Waals surface area (Å²) < 4.78 is 63.9. The Morgan fingerprint density at radius 1 is 1.24 bits per heavy atom. The number of hydrogen-bond acceptors (Lipinski definition) is 2. The monoisotopic (exact) mass is 305 g/mol. The van der Waals surface area contributed by atoms with E-state index < -0.39 is 41.6 Å². The van der Waals surface area contributed by atoms with Gasteiger partial charge in [0, 0.05) is 12.3 Å². The number of carbonyl (C=O) groups is 1. The summed E-state index contributed by atoms with van der Waals surface area (Å²) in [6, 6.07) is 3.15. The molecule has 0 atom stereocenters. The Kier molecular flexibility index (Phi) is 3.92. The maximum Gasteiger partial charge on any atom is 0.435 e. The minimum absolute atomic E-state index is 0.400. The molecule has 0 aliphatic carbocycles. The van der Waals surface area contributed by atoms with Crippen molar-refractivity contribution in [3.63, 3.8) is 0 Å². The van der Waals surface area contributed by atoms with Gasteiger partial charge in [0.1, 0.15) is 18.2 Å². The normalized spacial score (nSPS) is 11.5. The van der Waals surface area contributed by atoms with E-state index in [2.05, 4.69) is 10.4 Å². The van der Waals surface area contributed by atoms with Gasteiger partial charge in [-0.1, -0.05) is 0 Å². The first-order chi connectivity index (χ1) is 9.75. The third-order valence-corrected chi connectivity index (χ3v) is 2.44. The van der Waals surface area contributed by atoms with Gasteiger partial charge in [-0.05, 0) is 18.2 Å². The zero-order chi connectivity index (χ0) is 15.6. The van der Waals surface area contributed by atoms with Crippen molar-refractivity contribution in [2.24, 2.45) is 0 Å². The van der Waals surface area contributed by atoms with Gasteiger partial charge in [-0.2, -0.15) is 18.3 Å². The van der Waals surface area contributed by atoms with Crippen LogP contribution in [-0.4, -0.2) is 15.7 Å². The summed E-state index contributed by atoms with van der Waals surface area (Å²) in [5.41, 5.74) is -1.55. The van der Waals surface area contributed by atoms with E-state index in [1.54, 1.807) is 0 Å². The van der Waals surface area contributed by atoms with Gasteiger partial charge in [-0.15, -0.1) is 0 Å². The maximum absolute atomic E-state index is 13.3. The summed E-state index contributed by atoms with van der Waals surface area (Å²) >= 11 is 0. The Morgan fingerprint density at radius 2 is 1.95 bits per heavy atom. The molecule has 0 saturated heterocycles. The molecular weight excluding hydrogens is 297 g/mol. The number of nitrogens with zero attached hydrogens (tertiary/aromatic N) is 2. The van der Waals surface area contributed by atoms with Gasteiger partial charge in [-0.3, -0.25) is 9.48 Å². The van der Waals surface area contributed by atoms with E-state index in [1.807, 2.05) is 0 Å². The highest BCUT2D eigenvalue weighted by Crippen LogP contribution is 2.27. The second kappa shape index (κ2) is 5.51. The summed E-state index contributed by atoms with van der Waals surface area (Å²) in [5, 5.41) is 5.22. The first-order valence-corrected chi connectivity index (χ1v) is 5.61. The average molecular weight is 305 g/mol. The fraction of sp³-hybridized carbons (Fsp3) is 0.167. The van der Waals surface area contributed by atoms with Crippen LogP contribution >= 0.6 is 0 Å². The van der Waals surface area contributed by atoms with E-state index in [0.29, 0.717) is 6.07 Å². The quantitative estimate of drug-likeness (QED) is 0.886. The minimum atomic E-state index is -4.61. The van der Waals surface area contributed by atoms with E-state index in [1.165, 1.54) is 0 Å². The van der Waals surface area contributed by atoms with Gasteiger partial charge in [0.05, 0.1) is 5.69 Å². The molecule has 0 radical (unpaired) electrons. The molecule has 2 rings (SSSR count). The molecule has 1 amide bonds. The Bertz CT molecular complexity index is 665. The number of anilines is 1. The van der Waals surface area contributed by atoms with Gasteiger partial charge in [0.2, 0.25) is 5.91 Å². The third kappa shape index (κ3) is 3.77. The largest absolute Gasteiger partial charge is 0.435 e. The lowest BCUT2D eigenvalue weighted by Gasteiger charge is -2.07. The number of aromatic nitrogens is 2. The van der Waals surface area contributed by atoms with Crippen molar-refractivity contribution < 1.29 is 26.7 Å². The molecule has 21 heavy (non-hydrogen) atoms. The lowest BCUT2D eigenvalue weighted by molar-refractivity contribution is -0.141. The molecular formula is C12H8F5N3O. The van der Waals surface area contributed by atoms with Crippen LogP contribution in [-0.2, 0) is 17.5 Å². The van der Waals surface area contributed by atoms with Crippen LogP contribution in [0.4, 0.5) is 27.6 Å². The van der Waals surface area contributed by atoms with Crippen molar-refractivity contribution in [1.29, 1.82) is 0 Å². The van der Waals surface area contributed by atoms with Crippen LogP contribution in [0.25, 0.3) is 0 Å². The van der Waals surface area contributed by atoms with Crippen molar-refractivity contribution in [3.8, 4) is 0 Å². The van der Waals surface area contributed by atoms with Gasteiger partial charge in [0.25, 0.3) is 0 Å². The highest BCUT2D eigenvalue weighted by atomic mass is 19.4. The van der Waals surface area contributed by atoms with Gasteiger partial charge >= 0.3 is 6.18 Å². The van der Waals surface area contributed by atoms with Crippen molar-refractivity contribution in [3.05, 3.63) is 47.8 Å². The zero-order valence-electron chi connectivity index (χ0n) is 10.3. The Hall–Kier alpha value is -2.45. The van der Waals surface area contributed by atoms with E-state index >= 15 is 0 Å². The standard InChI is InChI=1S/C12H8F5N3O/c13-7-1-2-8(14)9(5-7)18-11(21)6-20-4-3-10(19-20)12(15,16)17/h1-5H,6H2,(H,18,21). The first-order valence-electron chi connectivity index (χ1n) is 5.61. The minimum Gasteiger partial charge on any atom is -0.322 e. The van der Waals surface area contributed by atoms with Crippen molar-refractivity contribution in [2.45, 2.75) is 12.7 Å². The molecule has 0 aliphatic rings. The van der Waals surface area contributed by atoms with Crippen LogP contribution in [0.2, 0.25) is 0 Å². The highest BCUT2D eigenvalue weighted by molar-refractivity contribution is 5.90. The smallest absolute Gasteiger partial charge is 0.322 e. The molecule has 0 saturated carbocycles. The maximum atomic E-state index is 13.3. The van der Waals surface area contributed by atoms with Crippen molar-refractivity contribution in [1.82, 2.24) is 9.78 Å². The molecule has 0 unspecified atom stereocenters. The predicted octanol–water partition coefficient (Wildman–Crippen LogP) is 2.82. The molecule has 1 aromatic heterocycles. The van der Waals surface area contributed by atoms with Crippen molar-refractivity contribution >= 4 is 11.6 Å². The van der Waals surface area contributed by atoms with E-state index in [0.717, 1.165) is 29.1 Å². The number of carbonyl (C=O) groups excluding carboxylic acids is 1. The molecule has 1 aromatic carbocycles. The molecule has 2 aromatic rings. The van der Waals surface area contributed by atoms with Gasteiger partial charge in [0.15, 0.2) is 5.69 Å². The Labute approximate surface area is 115 Å². The molecule has 0 aliphatic heterocycles. The van der Waals surface area contributed by atoms with Crippen LogP contribution in [0, 0.1) is 11.6 Å². The molecule has 0 spiro atoms. The van der Waals surface area contributed by atoms with Crippen LogP contribution < -0.4 is 5.32 Å². The number of halogens is 5. The molecule has 4 nitrogen and oxygen atoms in total. The molecule has 0 bridgehead atoms. The molecule has 112 valence electrons. The number of benzene rings is 1. The van der Waals surface area contributed by atoms with Gasteiger partial charge in [-0.25, -0.2) is 8.78 Å². The molecule has 0 fully saturated rings. The molecule has 9 heteroatoms. The first kappa shape index (κ1) is 14.9. The number of rotatable bonds is 3. The van der Waals surface area contributed by atoms with E-state index in [4.69, 9.17) is 0 Å². The summed E-state index contributed by atoms with van der Waals surface area (Å²) in [4.78, 5) is 11.6. The fourth-order valence-electron chi connectivity index (χ4n) is 1.53. The lowest BCUT2D eigenvalue weighted by atomic mass is 10.3. The summed E-state index contributed by atoms with van der Waals surface area (Å²) in [7, 11) is 0. The molecule has 1 N–H and O–H groups in total. The number of amides is 1. The van der Waals surface area contributed by atoms with Crippen molar-refractivity contribution in [2.75, 3.05) is 5.32 Å². The van der Waals surface area contributed by atoms with Crippen LogP contribution in [0.3, 0.4) is 0 Å². The van der Waals surface area contributed by atoms with Crippen LogP contribution in [0.1, 0.15) is 5.69 Å². The van der Waals surface area contributed by atoms with E-state index in [-0.39, 0.29) is 0 Å². The Morgan fingerprint density at radius 3 is 2.57 bits per heavy atom. The lowest BCUT2D eigenvalue weighted by Crippen LogP contribution is -2.20. The molecule has 1 heterocycles. The fourth-order valence-corrected chi connectivity index (χ4v) is 1.53. The number of nitrogens with one attached hydrogen (secondary N) is 1. The van der Waals surface area contributed by atoms with Crippen LogP contribution in [0.15, 0.2) is 30.5 Å². The average Bonchev–Trinajstić information content (AvgIpc) is 2.82. The second-order valence-corrected chi connectivity index (χ2v) is 4.07.